The molecular formula is C23H35N5O5. The average Bonchev–Trinajstić information content (AvgIpc) is 3.21. The van der Waals surface area contributed by atoms with E-state index in [0.717, 1.165) is 10.5 Å². The summed E-state index contributed by atoms with van der Waals surface area (Å²) in [5.41, 5.74) is 14.5. The Bertz CT molecular complexity index is 881. The number of rotatable bonds is 8. The molecule has 0 aromatic heterocycles. The van der Waals surface area contributed by atoms with Crippen LogP contribution in [0.2, 0.25) is 0 Å². The number of imide groups is 1. The van der Waals surface area contributed by atoms with E-state index >= 15 is 0 Å². The lowest BCUT2D eigenvalue weighted by Crippen LogP contribution is -2.65. The first-order valence-electron chi connectivity index (χ1n) is 11.0. The summed E-state index contributed by atoms with van der Waals surface area (Å²) in [5.74, 6) is -2.89. The maximum Gasteiger partial charge on any atom is 0.276 e. The molecule has 1 fully saturated rings. The van der Waals surface area contributed by atoms with Crippen molar-refractivity contribution in [1.82, 2.24) is 9.80 Å². The fraction of sp³-hybridized carbons (Fsp3) is 0.565. The van der Waals surface area contributed by atoms with E-state index in [0.29, 0.717) is 19.3 Å². The van der Waals surface area contributed by atoms with Gasteiger partial charge in [-0.25, -0.2) is 0 Å². The van der Waals surface area contributed by atoms with Crippen molar-refractivity contribution >= 4 is 23.6 Å². The van der Waals surface area contributed by atoms with Crippen LogP contribution in [0.1, 0.15) is 52.0 Å². The zero-order valence-corrected chi connectivity index (χ0v) is 19.5. The number of hydrogen-bond acceptors (Lipinski definition) is 7. The highest BCUT2D eigenvalue weighted by atomic mass is 16.3. The molecule has 3 atom stereocenters. The Morgan fingerprint density at radius 1 is 1.18 bits per heavy atom. The van der Waals surface area contributed by atoms with Crippen LogP contribution in [-0.4, -0.2) is 68.4 Å². The molecule has 1 aliphatic heterocycles. The summed E-state index contributed by atoms with van der Waals surface area (Å²) in [6.45, 7) is 5.21. The van der Waals surface area contributed by atoms with E-state index in [2.05, 4.69) is 0 Å². The summed E-state index contributed by atoms with van der Waals surface area (Å²) in [4.78, 5) is 53.0. The summed E-state index contributed by atoms with van der Waals surface area (Å²) in [7, 11) is 0. The molecule has 0 radical (unpaired) electrons. The van der Waals surface area contributed by atoms with Gasteiger partial charge in [0.1, 0.15) is 6.04 Å². The molecule has 0 saturated carbocycles. The molecule has 10 heteroatoms. The van der Waals surface area contributed by atoms with Crippen LogP contribution < -0.4 is 17.2 Å². The van der Waals surface area contributed by atoms with Crippen LogP contribution in [0.25, 0.3) is 0 Å². The van der Waals surface area contributed by atoms with Crippen LogP contribution >= 0.6 is 0 Å². The van der Waals surface area contributed by atoms with Gasteiger partial charge in [-0.05, 0) is 45.6 Å². The molecule has 1 heterocycles. The molecule has 1 unspecified atom stereocenters. The third kappa shape index (κ3) is 6.59. The van der Waals surface area contributed by atoms with Crippen LogP contribution in [0.15, 0.2) is 30.3 Å². The second-order valence-corrected chi connectivity index (χ2v) is 9.53. The SMILES string of the molecule is CC(C)(C)N(C(=O)[C@@H]1CCCN1C(=O)[C@@H](N)CC(N)=O)C(=O)C(N)(O)CCc1ccccc1. The lowest BCUT2D eigenvalue weighted by Gasteiger charge is -2.40. The van der Waals surface area contributed by atoms with Gasteiger partial charge in [0, 0.05) is 18.5 Å². The van der Waals surface area contributed by atoms with Crippen molar-refractivity contribution in [2.45, 2.75) is 76.2 Å². The minimum absolute atomic E-state index is 0.0908. The number of nitrogens with zero attached hydrogens (tertiary/aromatic N) is 2. The van der Waals surface area contributed by atoms with Gasteiger partial charge in [0.25, 0.3) is 11.8 Å². The number of amides is 4. The number of primary amides is 1. The topological polar surface area (TPSA) is 173 Å². The number of likely N-dealkylation sites (tertiary alicyclic amines) is 1. The average molecular weight is 462 g/mol. The number of carbonyl (C=O) groups is 4. The normalized spacial score (nSPS) is 19.0. The van der Waals surface area contributed by atoms with Crippen LogP contribution in [0.3, 0.4) is 0 Å². The smallest absolute Gasteiger partial charge is 0.276 e. The Labute approximate surface area is 194 Å². The highest BCUT2D eigenvalue weighted by molar-refractivity contribution is 6.03. The quantitative estimate of drug-likeness (QED) is 0.382. The largest absolute Gasteiger partial charge is 0.370 e. The standard InChI is InChI=1S/C23H35N5O5/c1-22(2,3)28(21(32)23(26,33)12-11-15-8-5-4-6-9-15)20(31)17-10-7-13-27(17)19(30)16(24)14-18(25)29/h4-6,8-9,16-17,33H,7,10-14,24,26H2,1-3H3,(H2,25,29)/t16-,17-,23?/m0/s1. The van der Waals surface area contributed by atoms with E-state index in [1.54, 1.807) is 20.8 Å². The minimum atomic E-state index is -2.28. The summed E-state index contributed by atoms with van der Waals surface area (Å²) in [6, 6.07) is 7.11. The molecule has 1 aromatic carbocycles. The van der Waals surface area contributed by atoms with Crippen molar-refractivity contribution in [2.75, 3.05) is 6.54 Å². The Morgan fingerprint density at radius 2 is 1.79 bits per heavy atom. The van der Waals surface area contributed by atoms with Gasteiger partial charge in [0.05, 0.1) is 12.5 Å². The Balaban J connectivity index is 2.24. The van der Waals surface area contributed by atoms with Gasteiger partial charge < -0.3 is 21.5 Å². The molecule has 182 valence electrons. The zero-order chi connectivity index (χ0) is 25.0. The molecule has 10 nitrogen and oxygen atoms in total. The van der Waals surface area contributed by atoms with Crippen molar-refractivity contribution in [3.05, 3.63) is 35.9 Å². The monoisotopic (exact) mass is 461 g/mol. The number of aliphatic hydroxyl groups is 1. The lowest BCUT2D eigenvalue weighted by atomic mass is 9.97. The number of aryl methyl sites for hydroxylation is 1. The molecule has 7 N–H and O–H groups in total. The maximum atomic E-state index is 13.5. The molecule has 4 amide bonds. The summed E-state index contributed by atoms with van der Waals surface area (Å²) in [6.07, 6.45) is 0.744. The lowest BCUT2D eigenvalue weighted by molar-refractivity contribution is -0.168. The molecule has 0 aliphatic carbocycles. The highest BCUT2D eigenvalue weighted by Crippen LogP contribution is 2.27. The first-order valence-corrected chi connectivity index (χ1v) is 11.0. The predicted molar refractivity (Wildman–Crippen MR) is 122 cm³/mol. The molecular weight excluding hydrogens is 426 g/mol. The third-order valence-electron chi connectivity index (χ3n) is 5.66. The summed E-state index contributed by atoms with van der Waals surface area (Å²) < 4.78 is 0. The first kappa shape index (κ1) is 26.4. The number of nitrogens with two attached hydrogens (primary N) is 3. The highest BCUT2D eigenvalue weighted by Gasteiger charge is 2.47. The second-order valence-electron chi connectivity index (χ2n) is 9.53. The Kier molecular flexibility index (Phi) is 8.34. The number of hydrogen-bond donors (Lipinski definition) is 4. The molecule has 33 heavy (non-hydrogen) atoms. The summed E-state index contributed by atoms with van der Waals surface area (Å²) in [5, 5.41) is 10.8. The van der Waals surface area contributed by atoms with Gasteiger partial charge in [0.15, 0.2) is 5.72 Å². The zero-order valence-electron chi connectivity index (χ0n) is 19.5. The van der Waals surface area contributed by atoms with Crippen LogP contribution in [0, 0.1) is 0 Å². The molecule has 0 spiro atoms. The Hall–Kier alpha value is -2.82. The summed E-state index contributed by atoms with van der Waals surface area (Å²) >= 11 is 0. The molecule has 1 aliphatic rings. The second kappa shape index (κ2) is 10.4. The molecule has 2 rings (SSSR count). The van der Waals surface area contributed by atoms with E-state index in [1.165, 1.54) is 4.90 Å². The first-order chi connectivity index (χ1) is 15.3. The van der Waals surface area contributed by atoms with E-state index < -0.39 is 47.0 Å². The van der Waals surface area contributed by atoms with Crippen molar-refractivity contribution in [1.29, 1.82) is 0 Å². The third-order valence-corrected chi connectivity index (χ3v) is 5.66. The van der Waals surface area contributed by atoms with Crippen LogP contribution in [0.5, 0.6) is 0 Å². The van der Waals surface area contributed by atoms with Gasteiger partial charge >= 0.3 is 0 Å². The van der Waals surface area contributed by atoms with E-state index in [9.17, 15) is 24.3 Å². The van der Waals surface area contributed by atoms with Crippen molar-refractivity contribution in [3.63, 3.8) is 0 Å². The van der Waals surface area contributed by atoms with Gasteiger partial charge in [-0.15, -0.1) is 0 Å². The van der Waals surface area contributed by atoms with Gasteiger partial charge in [0.2, 0.25) is 11.8 Å². The maximum absolute atomic E-state index is 13.5. The Morgan fingerprint density at radius 3 is 2.33 bits per heavy atom. The fourth-order valence-corrected chi connectivity index (χ4v) is 3.97. The van der Waals surface area contributed by atoms with Gasteiger partial charge in [-0.2, -0.15) is 0 Å². The van der Waals surface area contributed by atoms with E-state index in [1.807, 2.05) is 30.3 Å². The number of benzene rings is 1. The fourth-order valence-electron chi connectivity index (χ4n) is 3.97. The van der Waals surface area contributed by atoms with Crippen molar-refractivity contribution in [2.24, 2.45) is 17.2 Å². The van der Waals surface area contributed by atoms with Crippen LogP contribution in [0.4, 0.5) is 0 Å². The number of carbonyl (C=O) groups excluding carboxylic acids is 4. The predicted octanol–water partition coefficient (Wildman–Crippen LogP) is -0.386. The molecule has 1 aromatic rings. The van der Waals surface area contributed by atoms with E-state index in [-0.39, 0.29) is 19.4 Å². The minimum Gasteiger partial charge on any atom is -0.370 e. The molecule has 0 bridgehead atoms. The van der Waals surface area contributed by atoms with Gasteiger partial charge in [-0.1, -0.05) is 30.3 Å². The van der Waals surface area contributed by atoms with Crippen LogP contribution in [-0.2, 0) is 25.6 Å². The molecule has 1 saturated heterocycles. The van der Waals surface area contributed by atoms with Crippen molar-refractivity contribution in [3.8, 4) is 0 Å². The van der Waals surface area contributed by atoms with Crippen molar-refractivity contribution < 1.29 is 24.3 Å². The van der Waals surface area contributed by atoms with Gasteiger partial charge in [-0.3, -0.25) is 29.8 Å². The van der Waals surface area contributed by atoms with E-state index in [4.69, 9.17) is 17.2 Å².